The van der Waals surface area contributed by atoms with Crippen LogP contribution in [0.1, 0.15) is 10.4 Å². The second kappa shape index (κ2) is 5.27. The van der Waals surface area contributed by atoms with E-state index >= 15 is 0 Å². The first-order chi connectivity index (χ1) is 10.5. The molecule has 2 bridgehead atoms. The van der Waals surface area contributed by atoms with Gasteiger partial charge in [-0.1, -0.05) is 30.4 Å². The normalized spacial score (nSPS) is 28.5. The van der Waals surface area contributed by atoms with Crippen molar-refractivity contribution in [3.63, 3.8) is 0 Å². The predicted octanol–water partition coefficient (Wildman–Crippen LogP) is -1.69. The topological polar surface area (TPSA) is 119 Å². The summed E-state index contributed by atoms with van der Waals surface area (Å²) in [6.07, 6.45) is 1.87. The van der Waals surface area contributed by atoms with Gasteiger partial charge in [-0.3, -0.25) is 4.79 Å². The molecule has 4 atom stereocenters. The Morgan fingerprint density at radius 1 is 1.00 bits per heavy atom. The Balaban J connectivity index is 1.85. The van der Waals surface area contributed by atoms with Crippen LogP contribution in [-0.4, -0.2) is 30.1 Å². The van der Waals surface area contributed by atoms with Gasteiger partial charge in [-0.15, -0.1) is 0 Å². The number of aliphatic carboxylic acids is 1. The lowest BCUT2D eigenvalue weighted by atomic mass is 9.82. The van der Waals surface area contributed by atoms with Crippen LogP contribution in [0.2, 0.25) is 0 Å². The van der Waals surface area contributed by atoms with Crippen molar-refractivity contribution in [2.24, 2.45) is 11.8 Å². The van der Waals surface area contributed by atoms with Crippen molar-refractivity contribution in [1.29, 1.82) is 0 Å². The summed E-state index contributed by atoms with van der Waals surface area (Å²) in [4.78, 5) is 34.6. The molecule has 0 radical (unpaired) electrons. The molecule has 0 unspecified atom stereocenters. The number of para-hydroxylation sites is 1. The van der Waals surface area contributed by atoms with Crippen molar-refractivity contribution in [1.82, 2.24) is 0 Å². The van der Waals surface area contributed by atoms with Gasteiger partial charge in [-0.25, -0.2) is 0 Å². The lowest BCUT2D eigenvalue weighted by Gasteiger charge is -2.25. The molecular weight excluding hydrogens is 290 g/mol. The van der Waals surface area contributed by atoms with E-state index in [1.54, 1.807) is 18.2 Å². The molecule has 1 N–H and O–H groups in total. The molecule has 1 saturated heterocycles. The molecule has 0 saturated carbocycles. The van der Waals surface area contributed by atoms with Crippen LogP contribution in [0.5, 0.6) is 0 Å². The summed E-state index contributed by atoms with van der Waals surface area (Å²) >= 11 is 0. The van der Waals surface area contributed by atoms with Crippen LogP contribution < -0.4 is 15.5 Å². The molecule has 0 aromatic heterocycles. The molecule has 1 aromatic rings. The molecule has 1 fully saturated rings. The zero-order valence-corrected chi connectivity index (χ0v) is 11.2. The Kier molecular flexibility index (Phi) is 3.42. The summed E-state index contributed by atoms with van der Waals surface area (Å²) in [6.45, 7) is 0. The molecule has 7 nitrogen and oxygen atoms in total. The van der Waals surface area contributed by atoms with Gasteiger partial charge in [0.2, 0.25) is 5.91 Å². The largest absolute Gasteiger partial charge is 0.550 e. The highest BCUT2D eigenvalue weighted by atomic mass is 16.5. The molecule has 22 heavy (non-hydrogen) atoms. The molecule has 1 aromatic carbocycles. The van der Waals surface area contributed by atoms with Crippen molar-refractivity contribution in [3.8, 4) is 0 Å². The number of carboxylic acid groups (broad SMARTS) is 2. The summed E-state index contributed by atoms with van der Waals surface area (Å²) in [5, 5.41) is 24.7. The van der Waals surface area contributed by atoms with Gasteiger partial charge in [0, 0.05) is 23.1 Å². The zero-order valence-electron chi connectivity index (χ0n) is 11.2. The number of fused-ring (bicyclic) bond motifs is 2. The van der Waals surface area contributed by atoms with E-state index in [9.17, 15) is 24.6 Å². The van der Waals surface area contributed by atoms with Crippen LogP contribution in [0, 0.1) is 11.8 Å². The van der Waals surface area contributed by atoms with Gasteiger partial charge in [0.25, 0.3) is 0 Å². The van der Waals surface area contributed by atoms with Crippen molar-refractivity contribution in [3.05, 3.63) is 42.0 Å². The monoisotopic (exact) mass is 301 g/mol. The maximum atomic E-state index is 12.4. The molecular formula is C15H11NO6-2. The third kappa shape index (κ3) is 2.25. The maximum Gasteiger partial charge on any atom is 0.231 e. The smallest absolute Gasteiger partial charge is 0.231 e. The van der Waals surface area contributed by atoms with Gasteiger partial charge in [0.05, 0.1) is 24.1 Å². The van der Waals surface area contributed by atoms with Gasteiger partial charge in [-0.05, 0) is 6.07 Å². The van der Waals surface area contributed by atoms with Crippen molar-refractivity contribution >= 4 is 23.5 Å². The van der Waals surface area contributed by atoms with Gasteiger partial charge < -0.3 is 29.9 Å². The predicted molar refractivity (Wildman–Crippen MR) is 69.2 cm³/mol. The Morgan fingerprint density at radius 2 is 1.64 bits per heavy atom. The van der Waals surface area contributed by atoms with E-state index < -0.39 is 41.9 Å². The molecule has 114 valence electrons. The standard InChI is InChI=1S/C15H13NO6/c17-13(16-8-4-2-1-3-7(8)14(18)19)11-9-5-6-10(22-9)12(11)15(20)21/h1-6,9-12H,(H,16,17)(H,18,19)(H,20,21)/p-2/t9-,10+,11+,12+/m1/s1. The number of carboxylic acids is 2. The molecule has 0 aliphatic carbocycles. The summed E-state index contributed by atoms with van der Waals surface area (Å²) in [5.41, 5.74) is -0.128. The summed E-state index contributed by atoms with van der Waals surface area (Å²) in [6, 6.07) is 5.74. The van der Waals surface area contributed by atoms with Crippen molar-refractivity contribution < 1.29 is 29.3 Å². The van der Waals surface area contributed by atoms with Crippen LogP contribution >= 0.6 is 0 Å². The van der Waals surface area contributed by atoms with E-state index in [0.29, 0.717) is 0 Å². The SMILES string of the molecule is O=C([O-])c1ccccc1NC(=O)[C@@H]1[C@@H](C(=O)[O-])[C@@H]2C=C[C@H]1O2. The second-order valence-corrected chi connectivity index (χ2v) is 5.14. The number of carbonyl (C=O) groups excluding carboxylic acids is 3. The average molecular weight is 301 g/mol. The van der Waals surface area contributed by atoms with Crippen molar-refractivity contribution in [2.45, 2.75) is 12.2 Å². The first-order valence-electron chi connectivity index (χ1n) is 6.65. The highest BCUT2D eigenvalue weighted by molar-refractivity contribution is 6.02. The summed E-state index contributed by atoms with van der Waals surface area (Å²) in [5.74, 6) is -5.48. The lowest BCUT2D eigenvalue weighted by molar-refractivity contribution is -0.313. The highest BCUT2D eigenvalue weighted by Gasteiger charge is 2.50. The number of amides is 1. The van der Waals surface area contributed by atoms with Gasteiger partial charge >= 0.3 is 0 Å². The van der Waals surface area contributed by atoms with Crippen LogP contribution in [0.25, 0.3) is 0 Å². The van der Waals surface area contributed by atoms with E-state index in [1.165, 1.54) is 18.2 Å². The number of carbonyl (C=O) groups is 3. The number of anilines is 1. The molecule has 2 aliphatic rings. The minimum absolute atomic E-state index is 0.0522. The van der Waals surface area contributed by atoms with Gasteiger partial charge in [0.1, 0.15) is 0 Å². The van der Waals surface area contributed by atoms with E-state index in [1.807, 2.05) is 0 Å². The maximum absolute atomic E-state index is 12.4. The minimum atomic E-state index is -1.43. The van der Waals surface area contributed by atoms with Gasteiger partial charge in [-0.2, -0.15) is 0 Å². The highest BCUT2D eigenvalue weighted by Crippen LogP contribution is 2.39. The first-order valence-corrected chi connectivity index (χ1v) is 6.65. The third-order valence-corrected chi connectivity index (χ3v) is 3.88. The Hall–Kier alpha value is -2.67. The Bertz CT molecular complexity index is 682. The van der Waals surface area contributed by atoms with E-state index in [0.717, 1.165) is 0 Å². The van der Waals surface area contributed by atoms with Crippen molar-refractivity contribution in [2.75, 3.05) is 5.32 Å². The van der Waals surface area contributed by atoms with E-state index in [4.69, 9.17) is 4.74 Å². The van der Waals surface area contributed by atoms with Crippen LogP contribution in [0.3, 0.4) is 0 Å². The molecule has 3 rings (SSSR count). The number of hydrogen-bond donors (Lipinski definition) is 1. The molecule has 7 heteroatoms. The number of ether oxygens (including phenoxy) is 1. The van der Waals surface area contributed by atoms with Crippen LogP contribution in [0.15, 0.2) is 36.4 Å². The molecule has 1 amide bonds. The summed E-state index contributed by atoms with van der Waals surface area (Å²) < 4.78 is 5.37. The fourth-order valence-electron chi connectivity index (χ4n) is 2.89. The number of aromatic carboxylic acids is 1. The fourth-order valence-corrected chi connectivity index (χ4v) is 2.89. The third-order valence-electron chi connectivity index (χ3n) is 3.88. The van der Waals surface area contributed by atoms with Gasteiger partial charge in [0.15, 0.2) is 0 Å². The zero-order chi connectivity index (χ0) is 15.9. The van der Waals surface area contributed by atoms with Crippen LogP contribution in [0.4, 0.5) is 5.69 Å². The summed E-state index contributed by atoms with van der Waals surface area (Å²) in [7, 11) is 0. The molecule has 2 heterocycles. The fraction of sp³-hybridized carbons (Fsp3) is 0.267. The minimum Gasteiger partial charge on any atom is -0.550 e. The number of rotatable bonds is 4. The molecule has 2 aliphatic heterocycles. The number of hydrogen-bond acceptors (Lipinski definition) is 6. The quantitative estimate of drug-likeness (QED) is 0.663. The first kappa shape index (κ1) is 14.3. The second-order valence-electron chi connectivity index (χ2n) is 5.14. The number of nitrogens with one attached hydrogen (secondary N) is 1. The van der Waals surface area contributed by atoms with E-state index in [-0.39, 0.29) is 11.3 Å². The Labute approximate surface area is 125 Å². The van der Waals surface area contributed by atoms with E-state index in [2.05, 4.69) is 5.32 Å². The average Bonchev–Trinajstić information content (AvgIpc) is 3.08. The number of benzene rings is 1. The Morgan fingerprint density at radius 3 is 2.27 bits per heavy atom. The van der Waals surface area contributed by atoms with Crippen LogP contribution in [-0.2, 0) is 14.3 Å². The lowest BCUT2D eigenvalue weighted by Crippen LogP contribution is -2.45. The molecule has 0 spiro atoms.